The number of rotatable bonds is 5. The number of hydrogen-bond donors (Lipinski definition) is 1. The highest BCUT2D eigenvalue weighted by atomic mass is 35.5. The third-order valence-corrected chi connectivity index (χ3v) is 4.02. The summed E-state index contributed by atoms with van der Waals surface area (Å²) in [6.45, 7) is 9.26. The first kappa shape index (κ1) is 15.1. The van der Waals surface area contributed by atoms with Gasteiger partial charge in [0, 0.05) is 16.6 Å². The molecule has 1 heterocycles. The molecule has 1 unspecified atom stereocenters. The van der Waals surface area contributed by atoms with Crippen molar-refractivity contribution in [1.29, 1.82) is 0 Å². The topological polar surface area (TPSA) is 25.2 Å². The average molecular weight is 292 g/mol. The lowest BCUT2D eigenvalue weighted by Crippen LogP contribution is -2.23. The third kappa shape index (κ3) is 3.25. The van der Waals surface area contributed by atoms with Crippen LogP contribution in [0.1, 0.15) is 41.2 Å². The minimum absolute atomic E-state index is 0.277. The first-order valence-corrected chi connectivity index (χ1v) is 7.45. The van der Waals surface area contributed by atoms with Crippen molar-refractivity contribution in [3.8, 4) is 0 Å². The van der Waals surface area contributed by atoms with E-state index in [0.29, 0.717) is 0 Å². The summed E-state index contributed by atoms with van der Waals surface area (Å²) < 4.78 is 5.77. The Morgan fingerprint density at radius 1 is 1.10 bits per heavy atom. The van der Waals surface area contributed by atoms with Gasteiger partial charge in [0.05, 0.1) is 0 Å². The van der Waals surface area contributed by atoms with Crippen LogP contribution in [0.3, 0.4) is 0 Å². The second-order valence-corrected chi connectivity index (χ2v) is 5.63. The van der Waals surface area contributed by atoms with Crippen LogP contribution in [0.2, 0.25) is 5.02 Å². The Balaban J connectivity index is 2.29. The van der Waals surface area contributed by atoms with Crippen LogP contribution >= 0.6 is 11.6 Å². The van der Waals surface area contributed by atoms with E-state index in [2.05, 4.69) is 31.3 Å². The van der Waals surface area contributed by atoms with Crippen molar-refractivity contribution < 1.29 is 4.42 Å². The minimum atomic E-state index is 0.277. The molecule has 0 fully saturated rings. The van der Waals surface area contributed by atoms with E-state index < -0.39 is 0 Å². The van der Waals surface area contributed by atoms with E-state index in [9.17, 15) is 0 Å². The Kier molecular flexibility index (Phi) is 4.90. The van der Waals surface area contributed by atoms with E-state index in [1.165, 1.54) is 16.7 Å². The quantitative estimate of drug-likeness (QED) is 0.860. The smallest absolute Gasteiger partial charge is 0.106 e. The molecule has 1 atom stereocenters. The zero-order valence-electron chi connectivity index (χ0n) is 12.6. The molecule has 3 heteroatoms. The Morgan fingerprint density at radius 3 is 2.25 bits per heavy atom. The fourth-order valence-corrected chi connectivity index (χ4v) is 2.83. The van der Waals surface area contributed by atoms with Gasteiger partial charge in [0.25, 0.3) is 0 Å². The standard InChI is InChI=1S/C17H22ClNO/c1-5-19-16(10-14-6-8-15(18)9-7-14)17-11(2)12(3)20-13(17)4/h6-9,16,19H,5,10H2,1-4H3. The fraction of sp³-hybridized carbons (Fsp3) is 0.412. The Bertz CT molecular complexity index is 571. The molecule has 0 aliphatic carbocycles. The number of halogens is 1. The van der Waals surface area contributed by atoms with Crippen molar-refractivity contribution in [2.24, 2.45) is 0 Å². The summed E-state index contributed by atoms with van der Waals surface area (Å²) in [4.78, 5) is 0. The van der Waals surface area contributed by atoms with E-state index in [-0.39, 0.29) is 6.04 Å². The SMILES string of the molecule is CCNC(Cc1ccc(Cl)cc1)c1c(C)oc(C)c1C. The zero-order valence-corrected chi connectivity index (χ0v) is 13.3. The second kappa shape index (κ2) is 6.47. The summed E-state index contributed by atoms with van der Waals surface area (Å²) in [5.74, 6) is 2.02. The molecule has 0 spiro atoms. The van der Waals surface area contributed by atoms with Gasteiger partial charge in [-0.1, -0.05) is 30.7 Å². The third-order valence-electron chi connectivity index (χ3n) is 3.77. The Labute approximate surface area is 126 Å². The van der Waals surface area contributed by atoms with Crippen LogP contribution < -0.4 is 5.32 Å². The zero-order chi connectivity index (χ0) is 14.7. The molecule has 2 aromatic rings. The molecule has 108 valence electrons. The molecular weight excluding hydrogens is 270 g/mol. The number of furan rings is 1. The van der Waals surface area contributed by atoms with Gasteiger partial charge in [-0.3, -0.25) is 0 Å². The van der Waals surface area contributed by atoms with E-state index in [1.54, 1.807) is 0 Å². The molecule has 20 heavy (non-hydrogen) atoms. The van der Waals surface area contributed by atoms with Crippen molar-refractivity contribution in [2.75, 3.05) is 6.54 Å². The van der Waals surface area contributed by atoms with Crippen LogP contribution in [0, 0.1) is 20.8 Å². The summed E-state index contributed by atoms with van der Waals surface area (Å²) in [5, 5.41) is 4.34. The van der Waals surface area contributed by atoms with Crippen LogP contribution in [0.25, 0.3) is 0 Å². The summed E-state index contributed by atoms with van der Waals surface area (Å²) in [5.41, 5.74) is 3.82. The van der Waals surface area contributed by atoms with Crippen LogP contribution in [0.15, 0.2) is 28.7 Å². The Morgan fingerprint density at radius 2 is 1.75 bits per heavy atom. The van der Waals surface area contributed by atoms with Crippen molar-refractivity contribution in [2.45, 2.75) is 40.2 Å². The molecule has 1 aromatic heterocycles. The first-order chi connectivity index (χ1) is 9.52. The number of aryl methyl sites for hydroxylation is 2. The monoisotopic (exact) mass is 291 g/mol. The molecule has 1 N–H and O–H groups in total. The van der Waals surface area contributed by atoms with Gasteiger partial charge in [0.2, 0.25) is 0 Å². The van der Waals surface area contributed by atoms with Crippen LogP contribution in [0.5, 0.6) is 0 Å². The minimum Gasteiger partial charge on any atom is -0.466 e. The van der Waals surface area contributed by atoms with E-state index >= 15 is 0 Å². The van der Waals surface area contributed by atoms with E-state index in [1.807, 2.05) is 26.0 Å². The van der Waals surface area contributed by atoms with Gasteiger partial charge in [0.1, 0.15) is 11.5 Å². The van der Waals surface area contributed by atoms with Gasteiger partial charge >= 0.3 is 0 Å². The van der Waals surface area contributed by atoms with Gasteiger partial charge in [-0.2, -0.15) is 0 Å². The highest BCUT2D eigenvalue weighted by Gasteiger charge is 2.20. The number of benzene rings is 1. The van der Waals surface area contributed by atoms with Crippen LogP contribution in [0.4, 0.5) is 0 Å². The summed E-state index contributed by atoms with van der Waals surface area (Å²) in [7, 11) is 0. The molecule has 0 amide bonds. The molecule has 0 aliphatic rings. The van der Waals surface area contributed by atoms with E-state index in [0.717, 1.165) is 29.5 Å². The normalized spacial score (nSPS) is 12.7. The summed E-state index contributed by atoms with van der Waals surface area (Å²) >= 11 is 5.95. The van der Waals surface area contributed by atoms with Crippen molar-refractivity contribution >= 4 is 11.6 Å². The average Bonchev–Trinajstić information content (AvgIpc) is 2.66. The van der Waals surface area contributed by atoms with Gasteiger partial charge in [0.15, 0.2) is 0 Å². The fourth-order valence-electron chi connectivity index (χ4n) is 2.70. The van der Waals surface area contributed by atoms with E-state index in [4.69, 9.17) is 16.0 Å². The molecule has 0 aliphatic heterocycles. The lowest BCUT2D eigenvalue weighted by atomic mass is 9.96. The highest BCUT2D eigenvalue weighted by Crippen LogP contribution is 2.29. The molecule has 2 nitrogen and oxygen atoms in total. The molecule has 0 saturated carbocycles. The maximum absolute atomic E-state index is 5.95. The predicted octanol–water partition coefficient (Wildman–Crippen LogP) is 4.75. The summed E-state index contributed by atoms with van der Waals surface area (Å²) in [6.07, 6.45) is 0.936. The lowest BCUT2D eigenvalue weighted by molar-refractivity contribution is 0.484. The number of nitrogens with one attached hydrogen (secondary N) is 1. The highest BCUT2D eigenvalue weighted by molar-refractivity contribution is 6.30. The largest absolute Gasteiger partial charge is 0.466 e. The second-order valence-electron chi connectivity index (χ2n) is 5.19. The van der Waals surface area contributed by atoms with Crippen molar-refractivity contribution in [3.63, 3.8) is 0 Å². The molecule has 1 aromatic carbocycles. The maximum atomic E-state index is 5.95. The van der Waals surface area contributed by atoms with Crippen molar-refractivity contribution in [1.82, 2.24) is 5.32 Å². The molecule has 0 radical (unpaired) electrons. The van der Waals surface area contributed by atoms with Crippen LogP contribution in [-0.2, 0) is 6.42 Å². The number of hydrogen-bond acceptors (Lipinski definition) is 2. The van der Waals surface area contributed by atoms with Gasteiger partial charge in [-0.15, -0.1) is 0 Å². The maximum Gasteiger partial charge on any atom is 0.106 e. The van der Waals surface area contributed by atoms with Gasteiger partial charge in [-0.05, 0) is 57.0 Å². The summed E-state index contributed by atoms with van der Waals surface area (Å²) in [6, 6.07) is 8.34. The van der Waals surface area contributed by atoms with Gasteiger partial charge in [-0.25, -0.2) is 0 Å². The predicted molar refractivity (Wildman–Crippen MR) is 84.5 cm³/mol. The first-order valence-electron chi connectivity index (χ1n) is 7.07. The molecule has 0 bridgehead atoms. The molecular formula is C17H22ClNO. The lowest BCUT2D eigenvalue weighted by Gasteiger charge is -2.19. The Hall–Kier alpha value is -1.25. The molecule has 0 saturated heterocycles. The molecule has 2 rings (SSSR count). The van der Waals surface area contributed by atoms with Crippen molar-refractivity contribution in [3.05, 3.63) is 57.5 Å². The van der Waals surface area contributed by atoms with Crippen LogP contribution in [-0.4, -0.2) is 6.54 Å². The number of likely N-dealkylation sites (N-methyl/N-ethyl adjacent to an activating group) is 1. The van der Waals surface area contributed by atoms with Gasteiger partial charge < -0.3 is 9.73 Å².